The molecule has 0 atom stereocenters. The molecule has 0 spiro atoms. The standard InChI is InChI=1S/C13H9ClF2N2O3S/c14-8-5-4-7(6-11(8)22(17,20)21)13(19)18-10-3-1-2-9(15)12(10)16/h1-6H,(H,18,19)(H2,17,20,21). The largest absolute Gasteiger partial charge is 0.319 e. The van der Waals surface area contributed by atoms with Gasteiger partial charge in [0, 0.05) is 5.56 Å². The molecule has 0 unspecified atom stereocenters. The highest BCUT2D eigenvalue weighted by atomic mass is 35.5. The smallest absolute Gasteiger partial charge is 0.255 e. The van der Waals surface area contributed by atoms with Gasteiger partial charge in [-0.3, -0.25) is 4.79 Å². The number of anilines is 1. The van der Waals surface area contributed by atoms with Crippen LogP contribution in [0.3, 0.4) is 0 Å². The van der Waals surface area contributed by atoms with E-state index in [1.165, 1.54) is 12.1 Å². The van der Waals surface area contributed by atoms with Crippen LogP contribution >= 0.6 is 11.6 Å². The minimum absolute atomic E-state index is 0.128. The maximum Gasteiger partial charge on any atom is 0.255 e. The van der Waals surface area contributed by atoms with E-state index in [-0.39, 0.29) is 16.3 Å². The summed E-state index contributed by atoms with van der Waals surface area (Å²) in [4.78, 5) is 11.5. The fourth-order valence-corrected chi connectivity index (χ4v) is 2.73. The van der Waals surface area contributed by atoms with Crippen LogP contribution in [0.5, 0.6) is 0 Å². The molecule has 22 heavy (non-hydrogen) atoms. The third-order valence-electron chi connectivity index (χ3n) is 2.70. The van der Waals surface area contributed by atoms with Crippen LogP contribution in [-0.4, -0.2) is 14.3 Å². The van der Waals surface area contributed by atoms with Crippen LogP contribution in [0.1, 0.15) is 10.4 Å². The molecule has 9 heteroatoms. The highest BCUT2D eigenvalue weighted by molar-refractivity contribution is 7.89. The quantitative estimate of drug-likeness (QED) is 0.894. The number of carbonyl (C=O) groups is 1. The van der Waals surface area contributed by atoms with Gasteiger partial charge in [-0.15, -0.1) is 0 Å². The fraction of sp³-hybridized carbons (Fsp3) is 0. The number of carbonyl (C=O) groups excluding carboxylic acids is 1. The number of halogens is 3. The van der Waals surface area contributed by atoms with Gasteiger partial charge in [-0.05, 0) is 30.3 Å². The summed E-state index contributed by atoms with van der Waals surface area (Å²) in [7, 11) is -4.12. The molecule has 0 aliphatic rings. The van der Waals surface area contributed by atoms with Crippen molar-refractivity contribution >= 4 is 33.2 Å². The second-order valence-electron chi connectivity index (χ2n) is 4.25. The number of rotatable bonds is 3. The summed E-state index contributed by atoms with van der Waals surface area (Å²) in [5.41, 5.74) is -0.505. The van der Waals surface area contributed by atoms with Crippen LogP contribution < -0.4 is 10.5 Å². The number of hydrogen-bond acceptors (Lipinski definition) is 3. The van der Waals surface area contributed by atoms with Gasteiger partial charge < -0.3 is 5.32 Å². The summed E-state index contributed by atoms with van der Waals surface area (Å²) >= 11 is 5.69. The van der Waals surface area contributed by atoms with Crippen molar-refractivity contribution in [2.45, 2.75) is 4.90 Å². The van der Waals surface area contributed by atoms with Crippen LogP contribution in [0.25, 0.3) is 0 Å². The summed E-state index contributed by atoms with van der Waals surface area (Å²) in [6, 6.07) is 6.61. The molecule has 3 N–H and O–H groups in total. The summed E-state index contributed by atoms with van der Waals surface area (Å²) in [6.45, 7) is 0. The molecule has 2 aromatic carbocycles. The van der Waals surface area contributed by atoms with E-state index in [0.717, 1.165) is 24.3 Å². The Balaban J connectivity index is 2.37. The molecule has 0 aliphatic carbocycles. The molecule has 1 amide bonds. The van der Waals surface area contributed by atoms with Crippen LogP contribution in [0.4, 0.5) is 14.5 Å². The van der Waals surface area contributed by atoms with E-state index in [2.05, 4.69) is 5.32 Å². The van der Waals surface area contributed by atoms with Crippen LogP contribution in [0.2, 0.25) is 5.02 Å². The first-order valence-electron chi connectivity index (χ1n) is 5.78. The van der Waals surface area contributed by atoms with Gasteiger partial charge in [0.25, 0.3) is 5.91 Å². The molecule has 5 nitrogen and oxygen atoms in total. The molecular formula is C13H9ClF2N2O3S. The molecule has 0 aliphatic heterocycles. The Bertz CT molecular complexity index is 856. The minimum atomic E-state index is -4.12. The number of amides is 1. The predicted molar refractivity (Wildman–Crippen MR) is 77.1 cm³/mol. The molecule has 0 saturated carbocycles. The van der Waals surface area contributed by atoms with Crippen molar-refractivity contribution in [2.24, 2.45) is 5.14 Å². The van der Waals surface area contributed by atoms with Crippen LogP contribution in [0, 0.1) is 11.6 Å². The van der Waals surface area contributed by atoms with Crippen molar-refractivity contribution in [1.82, 2.24) is 0 Å². The van der Waals surface area contributed by atoms with E-state index in [1.807, 2.05) is 0 Å². The monoisotopic (exact) mass is 346 g/mol. The van der Waals surface area contributed by atoms with Crippen molar-refractivity contribution < 1.29 is 22.0 Å². The first-order valence-corrected chi connectivity index (χ1v) is 7.70. The number of primary sulfonamides is 1. The Morgan fingerprint density at radius 2 is 1.86 bits per heavy atom. The molecule has 0 saturated heterocycles. The number of benzene rings is 2. The van der Waals surface area contributed by atoms with Crippen molar-refractivity contribution in [3.05, 3.63) is 58.6 Å². The third-order valence-corrected chi connectivity index (χ3v) is 4.09. The number of nitrogens with two attached hydrogens (primary N) is 1. The Morgan fingerprint density at radius 1 is 1.18 bits per heavy atom. The summed E-state index contributed by atoms with van der Waals surface area (Å²) in [6.07, 6.45) is 0. The lowest BCUT2D eigenvalue weighted by Gasteiger charge is -2.08. The second-order valence-corrected chi connectivity index (χ2v) is 6.18. The van der Waals surface area contributed by atoms with Gasteiger partial charge in [0.2, 0.25) is 10.0 Å². The van der Waals surface area contributed by atoms with Gasteiger partial charge in [0.1, 0.15) is 4.90 Å². The highest BCUT2D eigenvalue weighted by Crippen LogP contribution is 2.23. The molecule has 0 bridgehead atoms. The molecule has 0 aromatic heterocycles. The van der Waals surface area contributed by atoms with Crippen molar-refractivity contribution in [3.8, 4) is 0 Å². The number of hydrogen-bond donors (Lipinski definition) is 2. The van der Waals surface area contributed by atoms with Gasteiger partial charge in [-0.1, -0.05) is 17.7 Å². The van der Waals surface area contributed by atoms with Gasteiger partial charge in [0.05, 0.1) is 10.7 Å². The average Bonchev–Trinajstić information content (AvgIpc) is 2.43. The minimum Gasteiger partial charge on any atom is -0.319 e. The number of sulfonamides is 1. The molecular weight excluding hydrogens is 338 g/mol. The molecule has 116 valence electrons. The molecule has 0 fully saturated rings. The highest BCUT2D eigenvalue weighted by Gasteiger charge is 2.17. The normalized spacial score (nSPS) is 11.3. The van der Waals surface area contributed by atoms with Crippen molar-refractivity contribution in [3.63, 3.8) is 0 Å². The topological polar surface area (TPSA) is 89.3 Å². The SMILES string of the molecule is NS(=O)(=O)c1cc(C(=O)Nc2cccc(F)c2F)ccc1Cl. The van der Waals surface area contributed by atoms with E-state index >= 15 is 0 Å². The van der Waals surface area contributed by atoms with E-state index in [1.54, 1.807) is 0 Å². The Hall–Kier alpha value is -2.03. The lowest BCUT2D eigenvalue weighted by molar-refractivity contribution is 0.102. The molecule has 2 aromatic rings. The summed E-state index contributed by atoms with van der Waals surface area (Å²) in [5.74, 6) is -3.19. The molecule has 0 heterocycles. The summed E-state index contributed by atoms with van der Waals surface area (Å²) < 4.78 is 49.2. The van der Waals surface area contributed by atoms with Crippen LogP contribution in [0.15, 0.2) is 41.3 Å². The molecule has 0 radical (unpaired) electrons. The van der Waals surface area contributed by atoms with Crippen LogP contribution in [-0.2, 0) is 10.0 Å². The zero-order valence-electron chi connectivity index (χ0n) is 10.8. The van der Waals surface area contributed by atoms with Gasteiger partial charge in [-0.25, -0.2) is 22.3 Å². The first kappa shape index (κ1) is 16.3. The Morgan fingerprint density at radius 3 is 2.50 bits per heavy atom. The van der Waals surface area contributed by atoms with E-state index in [9.17, 15) is 22.0 Å². The zero-order valence-corrected chi connectivity index (χ0v) is 12.4. The van der Waals surface area contributed by atoms with E-state index in [4.69, 9.17) is 16.7 Å². The maximum atomic E-state index is 13.5. The number of nitrogens with one attached hydrogen (secondary N) is 1. The molecule has 2 rings (SSSR count). The third kappa shape index (κ3) is 3.41. The zero-order chi connectivity index (χ0) is 16.5. The van der Waals surface area contributed by atoms with E-state index in [0.29, 0.717) is 0 Å². The lowest BCUT2D eigenvalue weighted by atomic mass is 10.2. The van der Waals surface area contributed by atoms with Gasteiger partial charge in [-0.2, -0.15) is 0 Å². The summed E-state index contributed by atoms with van der Waals surface area (Å²) in [5, 5.41) is 6.95. The van der Waals surface area contributed by atoms with E-state index < -0.39 is 32.5 Å². The average molecular weight is 347 g/mol. The maximum absolute atomic E-state index is 13.5. The van der Waals surface area contributed by atoms with Crippen molar-refractivity contribution in [1.29, 1.82) is 0 Å². The van der Waals surface area contributed by atoms with Gasteiger partial charge in [0.15, 0.2) is 11.6 Å². The Labute approximate surface area is 129 Å². The first-order chi connectivity index (χ1) is 10.2. The fourth-order valence-electron chi connectivity index (χ4n) is 1.66. The van der Waals surface area contributed by atoms with Gasteiger partial charge >= 0.3 is 0 Å². The van der Waals surface area contributed by atoms with Crippen molar-refractivity contribution in [2.75, 3.05) is 5.32 Å². The second kappa shape index (κ2) is 5.99. The predicted octanol–water partition coefficient (Wildman–Crippen LogP) is 2.52. The Kier molecular flexibility index (Phi) is 4.45. The lowest BCUT2D eigenvalue weighted by Crippen LogP contribution is -2.17.